The molecular formula is C13H18BrNS. The fraction of sp³-hybridized carbons (Fsp3) is 0.538. The van der Waals surface area contributed by atoms with E-state index in [1.807, 2.05) is 0 Å². The van der Waals surface area contributed by atoms with Crippen LogP contribution in [0.2, 0.25) is 0 Å². The third-order valence-electron chi connectivity index (χ3n) is 2.94. The van der Waals surface area contributed by atoms with E-state index >= 15 is 0 Å². The third-order valence-corrected chi connectivity index (χ3v) is 4.86. The van der Waals surface area contributed by atoms with Crippen LogP contribution in [-0.2, 0) is 6.42 Å². The Bertz CT molecular complexity index is 306. The molecule has 16 heavy (non-hydrogen) atoms. The van der Waals surface area contributed by atoms with Crippen molar-refractivity contribution in [1.29, 1.82) is 0 Å². The van der Waals surface area contributed by atoms with E-state index in [0.29, 0.717) is 0 Å². The van der Waals surface area contributed by atoms with Gasteiger partial charge in [-0.25, -0.2) is 0 Å². The summed E-state index contributed by atoms with van der Waals surface area (Å²) in [5, 5.41) is 4.30. The average molecular weight is 300 g/mol. The molecule has 3 heteroatoms. The summed E-state index contributed by atoms with van der Waals surface area (Å²) in [5.74, 6) is 1.26. The molecule has 1 aliphatic rings. The fourth-order valence-corrected chi connectivity index (χ4v) is 3.48. The van der Waals surface area contributed by atoms with Crippen LogP contribution in [0.5, 0.6) is 0 Å². The molecule has 1 saturated heterocycles. The second-order valence-corrected chi connectivity index (χ2v) is 6.52. The summed E-state index contributed by atoms with van der Waals surface area (Å²) in [4.78, 5) is 0. The quantitative estimate of drug-likeness (QED) is 0.913. The Balaban J connectivity index is 1.69. The monoisotopic (exact) mass is 299 g/mol. The molecule has 0 radical (unpaired) electrons. The van der Waals surface area contributed by atoms with Crippen LogP contribution < -0.4 is 5.32 Å². The van der Waals surface area contributed by atoms with Crippen LogP contribution in [0.15, 0.2) is 28.7 Å². The molecule has 0 saturated carbocycles. The summed E-state index contributed by atoms with van der Waals surface area (Å²) in [6.07, 6.45) is 3.87. The maximum absolute atomic E-state index is 3.46. The van der Waals surface area contributed by atoms with Gasteiger partial charge in [-0.15, -0.1) is 0 Å². The minimum Gasteiger partial charge on any atom is -0.317 e. The minimum atomic E-state index is 0.886. The Labute approximate surface area is 111 Å². The van der Waals surface area contributed by atoms with E-state index in [0.717, 1.165) is 5.25 Å². The predicted octanol–water partition coefficient (Wildman–Crippen LogP) is 3.48. The van der Waals surface area contributed by atoms with Gasteiger partial charge >= 0.3 is 0 Å². The van der Waals surface area contributed by atoms with Gasteiger partial charge in [-0.05, 0) is 55.8 Å². The van der Waals surface area contributed by atoms with Gasteiger partial charge < -0.3 is 5.32 Å². The molecule has 0 aromatic heterocycles. The zero-order valence-electron chi connectivity index (χ0n) is 9.42. The van der Waals surface area contributed by atoms with E-state index in [1.54, 1.807) is 0 Å². The second-order valence-electron chi connectivity index (χ2n) is 4.20. The lowest BCUT2D eigenvalue weighted by Gasteiger charge is -2.21. The van der Waals surface area contributed by atoms with Gasteiger partial charge in [0.15, 0.2) is 0 Å². The number of rotatable bonds is 4. The Morgan fingerprint density at radius 1 is 1.19 bits per heavy atom. The summed E-state index contributed by atoms with van der Waals surface area (Å²) in [6.45, 7) is 2.41. The summed E-state index contributed by atoms with van der Waals surface area (Å²) in [6, 6.07) is 8.69. The average Bonchev–Trinajstić information content (AvgIpc) is 2.33. The molecule has 2 rings (SSSR count). The minimum absolute atomic E-state index is 0.886. The van der Waals surface area contributed by atoms with Gasteiger partial charge in [0.1, 0.15) is 0 Å². The highest BCUT2D eigenvalue weighted by molar-refractivity contribution is 9.10. The molecule has 1 nitrogen and oxygen atoms in total. The first kappa shape index (κ1) is 12.5. The van der Waals surface area contributed by atoms with Crippen LogP contribution in [-0.4, -0.2) is 24.1 Å². The van der Waals surface area contributed by atoms with Crippen molar-refractivity contribution >= 4 is 27.7 Å². The van der Waals surface area contributed by atoms with E-state index in [-0.39, 0.29) is 0 Å². The van der Waals surface area contributed by atoms with E-state index in [4.69, 9.17) is 0 Å². The lowest BCUT2D eigenvalue weighted by molar-refractivity contribution is 0.531. The Morgan fingerprint density at radius 3 is 2.56 bits per heavy atom. The van der Waals surface area contributed by atoms with E-state index in [9.17, 15) is 0 Å². The highest BCUT2D eigenvalue weighted by Gasteiger charge is 2.12. The second kappa shape index (κ2) is 6.67. The maximum atomic E-state index is 3.46. The van der Waals surface area contributed by atoms with Crippen LogP contribution >= 0.6 is 27.7 Å². The molecule has 88 valence electrons. The molecule has 0 unspecified atom stereocenters. The van der Waals surface area contributed by atoms with Crippen molar-refractivity contribution in [2.75, 3.05) is 18.8 Å². The summed E-state index contributed by atoms with van der Waals surface area (Å²) >= 11 is 5.61. The lowest BCUT2D eigenvalue weighted by Crippen LogP contribution is -2.29. The lowest BCUT2D eigenvalue weighted by atomic mass is 10.2. The number of nitrogens with one attached hydrogen (secondary N) is 1. The Hall–Kier alpha value is 0.01000. The molecule has 1 aromatic carbocycles. The maximum Gasteiger partial charge on any atom is 0.0175 e. The van der Waals surface area contributed by atoms with Crippen molar-refractivity contribution in [2.24, 2.45) is 0 Å². The third kappa shape index (κ3) is 4.11. The standard InChI is InChI=1S/C13H18BrNS/c14-12-3-1-11(2-4-12)7-10-16-13-5-8-15-9-6-13/h1-4,13,15H,5-10H2. The first-order valence-corrected chi connectivity index (χ1v) is 7.75. The molecule has 1 aromatic rings. The SMILES string of the molecule is Brc1ccc(CCSC2CCNCC2)cc1. The molecule has 0 bridgehead atoms. The normalized spacial score (nSPS) is 17.6. The molecule has 1 aliphatic heterocycles. The molecule has 1 fully saturated rings. The summed E-state index contributed by atoms with van der Waals surface area (Å²) in [5.41, 5.74) is 1.45. The van der Waals surface area contributed by atoms with Crippen molar-refractivity contribution in [2.45, 2.75) is 24.5 Å². The van der Waals surface area contributed by atoms with Gasteiger partial charge in [-0.3, -0.25) is 0 Å². The number of halogens is 1. The van der Waals surface area contributed by atoms with Gasteiger partial charge in [-0.1, -0.05) is 28.1 Å². The summed E-state index contributed by atoms with van der Waals surface area (Å²) in [7, 11) is 0. The molecule has 0 aliphatic carbocycles. The zero-order valence-corrected chi connectivity index (χ0v) is 11.8. The first-order chi connectivity index (χ1) is 7.84. The number of benzene rings is 1. The summed E-state index contributed by atoms with van der Waals surface area (Å²) < 4.78 is 1.17. The van der Waals surface area contributed by atoms with Gasteiger partial charge in [0.25, 0.3) is 0 Å². The van der Waals surface area contributed by atoms with Gasteiger partial charge in [0.05, 0.1) is 0 Å². The molecule has 0 atom stereocenters. The number of thioether (sulfide) groups is 1. The highest BCUT2D eigenvalue weighted by atomic mass is 79.9. The molecular weight excluding hydrogens is 282 g/mol. The van der Waals surface area contributed by atoms with Crippen molar-refractivity contribution in [3.63, 3.8) is 0 Å². The molecule has 1 N–H and O–H groups in total. The van der Waals surface area contributed by atoms with Crippen LogP contribution in [0, 0.1) is 0 Å². The largest absolute Gasteiger partial charge is 0.317 e. The zero-order chi connectivity index (χ0) is 11.2. The van der Waals surface area contributed by atoms with Gasteiger partial charge in [-0.2, -0.15) is 11.8 Å². The number of hydrogen-bond acceptors (Lipinski definition) is 2. The van der Waals surface area contributed by atoms with Gasteiger partial charge in [0.2, 0.25) is 0 Å². The fourth-order valence-electron chi connectivity index (χ4n) is 1.96. The van der Waals surface area contributed by atoms with Crippen molar-refractivity contribution in [1.82, 2.24) is 5.32 Å². The van der Waals surface area contributed by atoms with Crippen LogP contribution in [0.25, 0.3) is 0 Å². The number of aryl methyl sites for hydroxylation is 1. The first-order valence-electron chi connectivity index (χ1n) is 5.91. The number of piperidine rings is 1. The van der Waals surface area contributed by atoms with Crippen molar-refractivity contribution in [3.8, 4) is 0 Å². The topological polar surface area (TPSA) is 12.0 Å². The van der Waals surface area contributed by atoms with Gasteiger partial charge in [0, 0.05) is 9.72 Å². The van der Waals surface area contributed by atoms with Crippen molar-refractivity contribution < 1.29 is 0 Å². The Kier molecular flexibility index (Phi) is 5.20. The van der Waals surface area contributed by atoms with Crippen LogP contribution in [0.3, 0.4) is 0 Å². The van der Waals surface area contributed by atoms with Crippen LogP contribution in [0.1, 0.15) is 18.4 Å². The molecule has 0 spiro atoms. The number of hydrogen-bond donors (Lipinski definition) is 1. The highest BCUT2D eigenvalue weighted by Crippen LogP contribution is 2.21. The van der Waals surface area contributed by atoms with E-state index < -0.39 is 0 Å². The van der Waals surface area contributed by atoms with Crippen molar-refractivity contribution in [3.05, 3.63) is 34.3 Å². The van der Waals surface area contributed by atoms with E-state index in [1.165, 1.54) is 48.1 Å². The smallest absolute Gasteiger partial charge is 0.0175 e. The Morgan fingerprint density at radius 2 is 1.88 bits per heavy atom. The van der Waals surface area contributed by atoms with Crippen LogP contribution in [0.4, 0.5) is 0 Å². The van der Waals surface area contributed by atoms with E-state index in [2.05, 4.69) is 57.3 Å². The molecule has 0 amide bonds. The predicted molar refractivity (Wildman–Crippen MR) is 76.2 cm³/mol. The molecule has 1 heterocycles.